The second-order valence-electron chi connectivity index (χ2n) is 3.54. The second kappa shape index (κ2) is 6.44. The average Bonchev–Trinajstić information content (AvgIpc) is 2.30. The molecule has 1 aromatic heterocycles. The lowest BCUT2D eigenvalue weighted by molar-refractivity contribution is -0.115. The van der Waals surface area contributed by atoms with Crippen molar-refractivity contribution in [1.29, 1.82) is 0 Å². The first kappa shape index (κ1) is 15.3. The summed E-state index contributed by atoms with van der Waals surface area (Å²) in [5.74, 6) is 0. The number of aromatic nitrogens is 1. The predicted octanol–water partition coefficient (Wildman–Crippen LogP) is 1.02. The minimum Gasteiger partial charge on any atom is -0.354 e. The van der Waals surface area contributed by atoms with E-state index in [2.05, 4.69) is 9.71 Å². The lowest BCUT2D eigenvalue weighted by Gasteiger charge is -2.22. The number of methoxy groups -OCH3 is 2. The van der Waals surface area contributed by atoms with Gasteiger partial charge in [0.05, 0.1) is 6.04 Å². The normalized spacial score (nSPS) is 13.8. The first-order valence-corrected chi connectivity index (χ1v) is 6.97. The van der Waals surface area contributed by atoms with Gasteiger partial charge in [0.15, 0.2) is 6.29 Å². The highest BCUT2D eigenvalue weighted by atomic mass is 35.5. The summed E-state index contributed by atoms with van der Waals surface area (Å²) >= 11 is 5.75. The van der Waals surface area contributed by atoms with Gasteiger partial charge >= 0.3 is 0 Å². The van der Waals surface area contributed by atoms with Gasteiger partial charge in [0.25, 0.3) is 0 Å². The van der Waals surface area contributed by atoms with Crippen LogP contribution >= 0.6 is 11.6 Å². The molecule has 0 fully saturated rings. The van der Waals surface area contributed by atoms with Crippen LogP contribution in [0.3, 0.4) is 0 Å². The van der Waals surface area contributed by atoms with Gasteiger partial charge in [0.2, 0.25) is 10.0 Å². The Morgan fingerprint density at radius 3 is 2.50 bits per heavy atom. The van der Waals surface area contributed by atoms with Gasteiger partial charge in [-0.1, -0.05) is 11.6 Å². The molecule has 0 radical (unpaired) electrons. The minimum absolute atomic E-state index is 0.0792. The second-order valence-corrected chi connectivity index (χ2v) is 5.58. The van der Waals surface area contributed by atoms with Gasteiger partial charge in [-0.3, -0.25) is 0 Å². The maximum atomic E-state index is 12.1. The number of nitrogens with one attached hydrogen (secondary N) is 1. The number of rotatable bonds is 6. The molecule has 8 heteroatoms. The van der Waals surface area contributed by atoms with Crippen molar-refractivity contribution in [2.75, 3.05) is 14.2 Å². The van der Waals surface area contributed by atoms with Crippen molar-refractivity contribution in [3.8, 4) is 0 Å². The Labute approximate surface area is 111 Å². The van der Waals surface area contributed by atoms with Crippen LogP contribution in [0.25, 0.3) is 0 Å². The fourth-order valence-corrected chi connectivity index (χ4v) is 3.12. The smallest absolute Gasteiger partial charge is 0.244 e. The maximum absolute atomic E-state index is 12.1. The summed E-state index contributed by atoms with van der Waals surface area (Å²) in [6.45, 7) is 1.62. The van der Waals surface area contributed by atoms with Crippen LogP contribution in [0.2, 0.25) is 5.15 Å². The molecule has 1 atom stereocenters. The van der Waals surface area contributed by atoms with E-state index in [-0.39, 0.29) is 10.0 Å². The Morgan fingerprint density at radius 1 is 1.39 bits per heavy atom. The summed E-state index contributed by atoms with van der Waals surface area (Å²) in [5, 5.41) is -0.0800. The molecule has 6 nitrogen and oxygen atoms in total. The minimum atomic E-state index is -3.76. The van der Waals surface area contributed by atoms with Crippen LogP contribution in [0.4, 0.5) is 0 Å². The van der Waals surface area contributed by atoms with Gasteiger partial charge in [-0.05, 0) is 19.1 Å². The zero-order chi connectivity index (χ0) is 13.8. The largest absolute Gasteiger partial charge is 0.354 e. The van der Waals surface area contributed by atoms with E-state index in [0.29, 0.717) is 0 Å². The zero-order valence-corrected chi connectivity index (χ0v) is 11.8. The molecular weight excluding hydrogens is 280 g/mol. The standard InChI is InChI=1S/C10H15ClN2O4S/c1-7(10(16-2)17-3)13-18(14,15)8-5-4-6-12-9(8)11/h4-7,10,13H,1-3H3. The molecule has 0 aliphatic carbocycles. The first-order valence-electron chi connectivity index (χ1n) is 5.10. The van der Waals surface area contributed by atoms with Crippen molar-refractivity contribution in [2.24, 2.45) is 0 Å². The third-order valence-corrected chi connectivity index (χ3v) is 4.23. The molecule has 1 unspecified atom stereocenters. The SMILES string of the molecule is COC(OC)C(C)NS(=O)(=O)c1cccnc1Cl. The van der Waals surface area contributed by atoms with E-state index in [1.165, 1.54) is 32.5 Å². The first-order chi connectivity index (χ1) is 8.42. The molecule has 102 valence electrons. The van der Waals surface area contributed by atoms with Crippen LogP contribution in [0.1, 0.15) is 6.92 Å². The zero-order valence-electron chi connectivity index (χ0n) is 10.3. The molecule has 0 aromatic carbocycles. The van der Waals surface area contributed by atoms with E-state index in [1.807, 2.05) is 0 Å². The van der Waals surface area contributed by atoms with Crippen molar-refractivity contribution in [3.63, 3.8) is 0 Å². The highest BCUT2D eigenvalue weighted by molar-refractivity contribution is 7.89. The van der Waals surface area contributed by atoms with E-state index >= 15 is 0 Å². The molecule has 1 N–H and O–H groups in total. The molecule has 0 spiro atoms. The van der Waals surface area contributed by atoms with Crippen LogP contribution in [0, 0.1) is 0 Å². The predicted molar refractivity (Wildman–Crippen MR) is 66.8 cm³/mol. The summed E-state index contributed by atoms with van der Waals surface area (Å²) in [6, 6.07) is 2.30. The van der Waals surface area contributed by atoms with Crippen LogP contribution in [0.15, 0.2) is 23.2 Å². The van der Waals surface area contributed by atoms with E-state index in [1.54, 1.807) is 6.92 Å². The Morgan fingerprint density at radius 2 is 2.00 bits per heavy atom. The van der Waals surface area contributed by atoms with Crippen LogP contribution in [-0.4, -0.2) is 40.0 Å². The number of sulfonamides is 1. The fraction of sp³-hybridized carbons (Fsp3) is 0.500. The highest BCUT2D eigenvalue weighted by Gasteiger charge is 2.25. The summed E-state index contributed by atoms with van der Waals surface area (Å²) in [7, 11) is -0.907. The summed E-state index contributed by atoms with van der Waals surface area (Å²) in [5.41, 5.74) is 0. The number of halogens is 1. The third kappa shape index (κ3) is 3.63. The Kier molecular flexibility index (Phi) is 5.48. The van der Waals surface area contributed by atoms with E-state index < -0.39 is 22.4 Å². The van der Waals surface area contributed by atoms with Crippen LogP contribution in [-0.2, 0) is 19.5 Å². The molecule has 0 saturated carbocycles. The Balaban J connectivity index is 2.93. The van der Waals surface area contributed by atoms with Crippen molar-refractivity contribution >= 4 is 21.6 Å². The summed E-state index contributed by atoms with van der Waals surface area (Å²) < 4.78 is 36.5. The molecule has 0 aliphatic rings. The van der Waals surface area contributed by atoms with E-state index in [9.17, 15) is 8.42 Å². The molecule has 0 amide bonds. The number of pyridine rings is 1. The summed E-state index contributed by atoms with van der Waals surface area (Å²) in [6.07, 6.45) is 0.730. The topological polar surface area (TPSA) is 77.5 Å². The Hall–Kier alpha value is -0.730. The van der Waals surface area contributed by atoms with Gasteiger partial charge in [-0.2, -0.15) is 0 Å². The molecular formula is C10H15ClN2O4S. The van der Waals surface area contributed by atoms with Gasteiger partial charge in [-0.25, -0.2) is 18.1 Å². The molecule has 0 saturated heterocycles. The van der Waals surface area contributed by atoms with E-state index in [4.69, 9.17) is 21.1 Å². The molecule has 18 heavy (non-hydrogen) atoms. The van der Waals surface area contributed by atoms with Crippen LogP contribution < -0.4 is 4.72 Å². The van der Waals surface area contributed by atoms with Gasteiger partial charge < -0.3 is 9.47 Å². The van der Waals surface area contributed by atoms with Crippen molar-refractivity contribution in [3.05, 3.63) is 23.5 Å². The lowest BCUT2D eigenvalue weighted by atomic mass is 10.3. The van der Waals surface area contributed by atoms with Gasteiger partial charge in [-0.15, -0.1) is 0 Å². The number of ether oxygens (including phenoxy) is 2. The highest BCUT2D eigenvalue weighted by Crippen LogP contribution is 2.18. The maximum Gasteiger partial charge on any atom is 0.244 e. The van der Waals surface area contributed by atoms with Crippen molar-refractivity contribution < 1.29 is 17.9 Å². The molecule has 0 aliphatic heterocycles. The van der Waals surface area contributed by atoms with Crippen molar-refractivity contribution in [2.45, 2.75) is 24.2 Å². The molecule has 1 heterocycles. The summed E-state index contributed by atoms with van der Waals surface area (Å²) in [4.78, 5) is 3.64. The Bertz CT molecular complexity index is 490. The number of nitrogens with zero attached hydrogens (tertiary/aromatic N) is 1. The number of hydrogen-bond donors (Lipinski definition) is 1. The van der Waals surface area contributed by atoms with Gasteiger partial charge in [0.1, 0.15) is 10.0 Å². The average molecular weight is 295 g/mol. The van der Waals surface area contributed by atoms with Gasteiger partial charge in [0, 0.05) is 20.4 Å². The van der Waals surface area contributed by atoms with Crippen molar-refractivity contribution in [1.82, 2.24) is 9.71 Å². The molecule has 1 rings (SSSR count). The van der Waals surface area contributed by atoms with E-state index in [0.717, 1.165) is 0 Å². The monoisotopic (exact) mass is 294 g/mol. The van der Waals surface area contributed by atoms with Crippen LogP contribution in [0.5, 0.6) is 0 Å². The lowest BCUT2D eigenvalue weighted by Crippen LogP contribution is -2.42. The number of hydrogen-bond acceptors (Lipinski definition) is 5. The quantitative estimate of drug-likeness (QED) is 0.626. The third-order valence-electron chi connectivity index (χ3n) is 2.23. The molecule has 1 aromatic rings. The molecule has 0 bridgehead atoms. The fourth-order valence-electron chi connectivity index (χ4n) is 1.44.